The molecule has 3 nitrogen and oxygen atoms in total. The van der Waals surface area contributed by atoms with Crippen molar-refractivity contribution < 1.29 is 13.2 Å². The van der Waals surface area contributed by atoms with Gasteiger partial charge in [-0.15, -0.1) is 0 Å². The Bertz CT molecular complexity index is 3800. The molecule has 0 aliphatic rings. The summed E-state index contributed by atoms with van der Waals surface area (Å²) in [6, 6.07) is 73.9. The molecule has 0 aliphatic carbocycles. The molecule has 10 aromatic carbocycles. The molecule has 0 bridgehead atoms. The predicted molar refractivity (Wildman–Crippen MR) is 278 cm³/mol. The van der Waals surface area contributed by atoms with E-state index in [4.69, 9.17) is 0 Å². The molecule has 0 N–H and O–H groups in total. The summed E-state index contributed by atoms with van der Waals surface area (Å²) in [4.78, 5) is 4.47. The fourth-order valence-corrected chi connectivity index (χ4v) is 10.3. The first-order valence-corrected chi connectivity index (χ1v) is 22.9. The van der Waals surface area contributed by atoms with Gasteiger partial charge in [0.1, 0.15) is 0 Å². The number of rotatable bonds is 7. The normalized spacial score (nSPS) is 11.8. The molecule has 0 spiro atoms. The van der Waals surface area contributed by atoms with Crippen LogP contribution in [0.2, 0.25) is 0 Å². The largest absolute Gasteiger partial charge is 0.417 e. The maximum Gasteiger partial charge on any atom is 0.417 e. The predicted octanol–water partition coefficient (Wildman–Crippen LogP) is 18.1. The van der Waals surface area contributed by atoms with Crippen molar-refractivity contribution in [1.82, 2.24) is 9.13 Å². The van der Waals surface area contributed by atoms with Gasteiger partial charge in [0, 0.05) is 21.5 Å². The van der Waals surface area contributed by atoms with Gasteiger partial charge in [0.15, 0.2) is 0 Å². The van der Waals surface area contributed by atoms with Crippen LogP contribution in [0.3, 0.4) is 0 Å². The van der Waals surface area contributed by atoms with E-state index in [0.717, 1.165) is 94.2 Å². The number of halogens is 3. The van der Waals surface area contributed by atoms with Crippen LogP contribution in [0, 0.1) is 13.5 Å². The van der Waals surface area contributed by atoms with Crippen LogP contribution >= 0.6 is 0 Å². The first-order chi connectivity index (χ1) is 33.7. The zero-order chi connectivity index (χ0) is 46.8. The Labute approximate surface area is 397 Å². The zero-order valence-corrected chi connectivity index (χ0v) is 37.3. The van der Waals surface area contributed by atoms with Crippen LogP contribution < -0.4 is 0 Å². The highest BCUT2D eigenvalue weighted by Gasteiger charge is 2.36. The smallest absolute Gasteiger partial charge is 0.319 e. The summed E-state index contributed by atoms with van der Waals surface area (Å²) >= 11 is 0. The van der Waals surface area contributed by atoms with Gasteiger partial charge >= 0.3 is 6.18 Å². The number of fused-ring (bicyclic) bond motifs is 6. The van der Waals surface area contributed by atoms with Gasteiger partial charge in [-0.2, -0.15) is 13.2 Å². The monoisotopic (exact) mass is 895 g/mol. The average molecular weight is 896 g/mol. The van der Waals surface area contributed by atoms with Gasteiger partial charge < -0.3 is 9.13 Å². The number of alkyl halides is 3. The van der Waals surface area contributed by atoms with Gasteiger partial charge in [0.05, 0.1) is 45.6 Å². The van der Waals surface area contributed by atoms with E-state index in [1.807, 2.05) is 78.9 Å². The molecule has 0 saturated heterocycles. The van der Waals surface area contributed by atoms with Gasteiger partial charge in [-0.25, -0.2) is 4.85 Å². The van der Waals surface area contributed by atoms with E-state index < -0.39 is 11.7 Å². The molecule has 0 fully saturated rings. The second-order valence-corrected chi connectivity index (χ2v) is 17.5. The molecule has 12 rings (SSSR count). The molecule has 328 valence electrons. The van der Waals surface area contributed by atoms with Crippen LogP contribution in [0.15, 0.2) is 224 Å². The van der Waals surface area contributed by atoms with Gasteiger partial charge in [-0.05, 0) is 105 Å². The second-order valence-electron chi connectivity index (χ2n) is 17.5. The summed E-state index contributed by atoms with van der Waals surface area (Å²) in [5.74, 6) is 0. The zero-order valence-electron chi connectivity index (χ0n) is 37.3. The molecule has 0 atom stereocenters. The summed E-state index contributed by atoms with van der Waals surface area (Å²) in [6.45, 7) is 11.1. The fourth-order valence-electron chi connectivity index (χ4n) is 10.3. The Morgan fingerprint density at radius 1 is 0.391 bits per heavy atom. The first kappa shape index (κ1) is 41.5. The molecule has 2 aromatic heterocycles. The van der Waals surface area contributed by atoms with Gasteiger partial charge in [-0.3, -0.25) is 0 Å². The number of hydrogen-bond acceptors (Lipinski definition) is 0. The maximum absolute atomic E-state index is 15.5. The lowest BCUT2D eigenvalue weighted by molar-refractivity contribution is -0.137. The van der Waals surface area contributed by atoms with Crippen molar-refractivity contribution in [1.29, 1.82) is 0 Å². The Hall–Kier alpha value is -8.92. The van der Waals surface area contributed by atoms with Crippen LogP contribution in [-0.4, -0.2) is 9.13 Å². The molecule has 0 aliphatic heterocycles. The van der Waals surface area contributed by atoms with Crippen molar-refractivity contribution in [2.24, 2.45) is 0 Å². The molecule has 0 saturated carbocycles. The van der Waals surface area contributed by atoms with Crippen LogP contribution in [0.4, 0.5) is 18.9 Å². The van der Waals surface area contributed by atoms with Gasteiger partial charge in [0.2, 0.25) is 5.69 Å². The van der Waals surface area contributed by atoms with Crippen molar-refractivity contribution in [2.75, 3.05) is 0 Å². The lowest BCUT2D eigenvalue weighted by Gasteiger charge is -2.23. The highest BCUT2D eigenvalue weighted by molar-refractivity contribution is 6.14. The molecule has 0 radical (unpaired) electrons. The quantitative estimate of drug-likeness (QED) is 0.142. The lowest BCUT2D eigenvalue weighted by Crippen LogP contribution is -2.10. The second kappa shape index (κ2) is 16.4. The summed E-state index contributed by atoms with van der Waals surface area (Å²) in [5.41, 5.74) is 12.3. The summed E-state index contributed by atoms with van der Waals surface area (Å²) in [7, 11) is 0. The van der Waals surface area contributed by atoms with Gasteiger partial charge in [0.25, 0.3) is 0 Å². The number of nitrogens with zero attached hydrogens (tertiary/aromatic N) is 3. The third-order valence-electron chi connectivity index (χ3n) is 13.5. The summed E-state index contributed by atoms with van der Waals surface area (Å²) in [5, 5.41) is 3.80. The SMILES string of the molecule is [C-]#[N+]c1c(-n2c3cc(-c4ccccc4)ccc3c3ccc(-c4ccccc4)cc32)ccc(-c2c(C)cccc2C(F)(F)F)c1-n1c2cc(-c3ccccc3)ccc2c2ccc(-c3ccccc3)cc21. The molecular formula is C63H40F3N3. The van der Waals surface area contributed by atoms with E-state index in [0.29, 0.717) is 22.5 Å². The maximum atomic E-state index is 15.5. The average Bonchev–Trinajstić information content (AvgIpc) is 3.89. The molecule has 0 amide bonds. The minimum absolute atomic E-state index is 0.0322. The molecule has 0 unspecified atom stereocenters. The Morgan fingerprint density at radius 3 is 1.13 bits per heavy atom. The van der Waals surface area contributed by atoms with Gasteiger partial charge in [-0.1, -0.05) is 188 Å². The lowest BCUT2D eigenvalue weighted by atomic mass is 9.92. The van der Waals surface area contributed by atoms with E-state index >= 15 is 13.2 Å². The van der Waals surface area contributed by atoms with E-state index in [1.54, 1.807) is 19.1 Å². The number of benzene rings is 10. The van der Waals surface area contributed by atoms with Crippen molar-refractivity contribution in [2.45, 2.75) is 13.1 Å². The van der Waals surface area contributed by atoms with E-state index in [-0.39, 0.29) is 11.3 Å². The van der Waals surface area contributed by atoms with E-state index in [2.05, 4.69) is 135 Å². The summed E-state index contributed by atoms with van der Waals surface area (Å²) < 4.78 is 50.7. The fraction of sp³-hybridized carbons (Fsp3) is 0.0317. The van der Waals surface area contributed by atoms with E-state index in [9.17, 15) is 6.57 Å². The van der Waals surface area contributed by atoms with Crippen LogP contribution in [0.1, 0.15) is 11.1 Å². The van der Waals surface area contributed by atoms with Crippen molar-refractivity contribution >= 4 is 49.3 Å². The molecule has 2 heterocycles. The highest BCUT2D eigenvalue weighted by Crippen LogP contribution is 2.50. The van der Waals surface area contributed by atoms with E-state index in [1.165, 1.54) is 6.07 Å². The molecule has 69 heavy (non-hydrogen) atoms. The number of hydrogen-bond donors (Lipinski definition) is 0. The standard InChI is InChI=1S/C63H40F3N3/c1-40-16-15-25-54(63(64,65)66)60(40)53-34-35-55(68-56-36-45(41-17-7-3-8-18-41)26-30-49(56)50-31-27-46(37-57(50)68)42-19-9-4-10-20-42)61(67-2)62(53)69-58-38-47(43-21-11-5-12-22-43)28-32-51(58)52-33-29-48(39-59(52)69)44-23-13-6-14-24-44/h3-39H,1H3. The van der Waals surface area contributed by atoms with Crippen molar-refractivity contribution in [3.63, 3.8) is 0 Å². The number of aromatic nitrogens is 2. The van der Waals surface area contributed by atoms with Crippen LogP contribution in [0.25, 0.3) is 115 Å². The topological polar surface area (TPSA) is 14.2 Å². The third kappa shape index (κ3) is 6.98. The third-order valence-corrected chi connectivity index (χ3v) is 13.5. The molecule has 12 aromatic rings. The minimum atomic E-state index is -4.69. The van der Waals surface area contributed by atoms with Crippen LogP contribution in [-0.2, 0) is 6.18 Å². The Kier molecular flexibility index (Phi) is 9.89. The highest BCUT2D eigenvalue weighted by atomic mass is 19.4. The number of aryl methyl sites for hydroxylation is 1. The van der Waals surface area contributed by atoms with Crippen molar-refractivity contribution in [3.8, 4) is 67.0 Å². The summed E-state index contributed by atoms with van der Waals surface area (Å²) in [6.07, 6.45) is -4.69. The van der Waals surface area contributed by atoms with Crippen molar-refractivity contribution in [3.05, 3.63) is 247 Å². The van der Waals surface area contributed by atoms with Crippen LogP contribution in [0.5, 0.6) is 0 Å². The Morgan fingerprint density at radius 2 is 0.768 bits per heavy atom. The first-order valence-electron chi connectivity index (χ1n) is 22.9. The molecular weight excluding hydrogens is 856 g/mol. The molecule has 6 heteroatoms. The Balaban J connectivity index is 1.27. The minimum Gasteiger partial charge on any atom is -0.319 e.